The van der Waals surface area contributed by atoms with Crippen molar-refractivity contribution in [3.05, 3.63) is 40.7 Å². The van der Waals surface area contributed by atoms with Crippen LogP contribution in [0, 0.1) is 0 Å². The molecular weight excluding hydrogens is 212 g/mol. The van der Waals surface area contributed by atoms with Gasteiger partial charge in [-0.3, -0.25) is 4.79 Å². The highest BCUT2D eigenvalue weighted by molar-refractivity contribution is 5.85. The Bertz CT molecular complexity index is 579. The summed E-state index contributed by atoms with van der Waals surface area (Å²) in [5, 5.41) is 8.73. The summed E-state index contributed by atoms with van der Waals surface area (Å²) in [6.45, 7) is 0. The number of rotatable bonds is 2. The molecule has 7 nitrogen and oxygen atoms in total. The summed E-state index contributed by atoms with van der Waals surface area (Å²) >= 11 is 0. The first-order valence-corrected chi connectivity index (χ1v) is 4.28. The van der Waals surface area contributed by atoms with Gasteiger partial charge in [0.05, 0.1) is 0 Å². The van der Waals surface area contributed by atoms with Gasteiger partial charge < -0.3 is 10.1 Å². The second kappa shape index (κ2) is 3.89. The molecule has 0 spiro atoms. The van der Waals surface area contributed by atoms with Crippen LogP contribution in [-0.2, 0) is 0 Å². The van der Waals surface area contributed by atoms with Crippen LogP contribution in [0.2, 0.25) is 0 Å². The van der Waals surface area contributed by atoms with Gasteiger partial charge in [-0.1, -0.05) is 0 Å². The fraction of sp³-hybridized carbons (Fsp3) is 0. The lowest BCUT2D eigenvalue weighted by molar-refractivity contribution is 0.0690. The second-order valence-corrected chi connectivity index (χ2v) is 2.88. The van der Waals surface area contributed by atoms with Crippen LogP contribution in [0.3, 0.4) is 0 Å². The van der Waals surface area contributed by atoms with E-state index in [1.807, 2.05) is 0 Å². The molecular formula is C9H6N4O3. The molecule has 80 valence electrons. The summed E-state index contributed by atoms with van der Waals surface area (Å²) in [7, 11) is 0. The monoisotopic (exact) mass is 218 g/mol. The zero-order valence-electron chi connectivity index (χ0n) is 7.91. The van der Waals surface area contributed by atoms with E-state index in [-0.39, 0.29) is 11.5 Å². The largest absolute Gasteiger partial charge is 0.477 e. The minimum atomic E-state index is -1.26. The van der Waals surface area contributed by atoms with E-state index in [2.05, 4.69) is 19.9 Å². The Morgan fingerprint density at radius 2 is 2.25 bits per heavy atom. The van der Waals surface area contributed by atoms with Crippen LogP contribution in [0.5, 0.6) is 0 Å². The smallest absolute Gasteiger partial charge is 0.354 e. The molecule has 0 saturated carbocycles. The SMILES string of the molecule is O=C(O)c1cc(=O)[nH]c(-c2ccncn2)n1. The molecule has 0 aliphatic carbocycles. The van der Waals surface area contributed by atoms with Gasteiger partial charge in [-0.2, -0.15) is 0 Å². The van der Waals surface area contributed by atoms with Crippen LogP contribution in [0.25, 0.3) is 11.5 Å². The van der Waals surface area contributed by atoms with E-state index in [0.29, 0.717) is 5.69 Å². The lowest BCUT2D eigenvalue weighted by atomic mass is 10.3. The molecule has 2 rings (SSSR count). The van der Waals surface area contributed by atoms with Crippen LogP contribution in [-0.4, -0.2) is 31.0 Å². The van der Waals surface area contributed by atoms with Crippen molar-refractivity contribution in [2.45, 2.75) is 0 Å². The Morgan fingerprint density at radius 3 is 2.88 bits per heavy atom. The molecule has 7 heteroatoms. The average Bonchev–Trinajstić information content (AvgIpc) is 2.29. The molecule has 0 radical (unpaired) electrons. The van der Waals surface area contributed by atoms with Gasteiger partial charge in [0.1, 0.15) is 12.0 Å². The molecule has 0 fully saturated rings. The summed E-state index contributed by atoms with van der Waals surface area (Å²) in [6, 6.07) is 2.43. The number of H-pyrrole nitrogens is 1. The van der Waals surface area contributed by atoms with Gasteiger partial charge in [-0.25, -0.2) is 19.7 Å². The molecule has 0 aliphatic heterocycles. The predicted molar refractivity (Wildman–Crippen MR) is 52.8 cm³/mol. The van der Waals surface area contributed by atoms with E-state index in [1.54, 1.807) is 0 Å². The number of nitrogens with zero attached hydrogens (tertiary/aromatic N) is 3. The number of aromatic carboxylic acids is 1. The van der Waals surface area contributed by atoms with E-state index in [0.717, 1.165) is 6.07 Å². The third kappa shape index (κ3) is 1.92. The quantitative estimate of drug-likeness (QED) is 0.729. The molecule has 0 saturated heterocycles. The standard InChI is InChI=1S/C9H6N4O3/c14-7-3-6(9(15)16)12-8(13-7)5-1-2-10-4-11-5/h1-4H,(H,15,16)(H,12,13,14). The highest BCUT2D eigenvalue weighted by atomic mass is 16.4. The number of hydrogen-bond acceptors (Lipinski definition) is 5. The summed E-state index contributed by atoms with van der Waals surface area (Å²) in [6.07, 6.45) is 2.75. The molecule has 0 aliphatic rings. The molecule has 0 unspecified atom stereocenters. The highest BCUT2D eigenvalue weighted by Gasteiger charge is 2.09. The van der Waals surface area contributed by atoms with E-state index >= 15 is 0 Å². The van der Waals surface area contributed by atoms with Crippen molar-refractivity contribution < 1.29 is 9.90 Å². The minimum absolute atomic E-state index is 0.104. The minimum Gasteiger partial charge on any atom is -0.477 e. The van der Waals surface area contributed by atoms with E-state index in [4.69, 9.17) is 5.11 Å². The molecule has 0 aromatic carbocycles. The number of nitrogens with one attached hydrogen (secondary N) is 1. The Labute approximate surface area is 88.8 Å². The average molecular weight is 218 g/mol. The first-order chi connectivity index (χ1) is 7.66. The second-order valence-electron chi connectivity index (χ2n) is 2.88. The number of carbonyl (C=O) groups is 1. The number of carboxylic acids is 1. The highest BCUT2D eigenvalue weighted by Crippen LogP contribution is 2.07. The van der Waals surface area contributed by atoms with Gasteiger partial charge in [0, 0.05) is 12.3 Å². The third-order valence-electron chi connectivity index (χ3n) is 1.79. The zero-order valence-corrected chi connectivity index (χ0v) is 7.91. The van der Waals surface area contributed by atoms with Crippen LogP contribution in [0.4, 0.5) is 0 Å². The lowest BCUT2D eigenvalue weighted by Crippen LogP contribution is -2.13. The Balaban J connectivity index is 2.58. The van der Waals surface area contributed by atoms with Crippen LogP contribution >= 0.6 is 0 Å². The maximum absolute atomic E-state index is 11.2. The maximum atomic E-state index is 11.2. The molecule has 16 heavy (non-hydrogen) atoms. The van der Waals surface area contributed by atoms with Gasteiger partial charge in [-0.05, 0) is 6.07 Å². The van der Waals surface area contributed by atoms with Crippen molar-refractivity contribution >= 4 is 5.97 Å². The topological polar surface area (TPSA) is 109 Å². The molecule has 2 heterocycles. The van der Waals surface area contributed by atoms with Gasteiger partial charge in [-0.15, -0.1) is 0 Å². The number of carboxylic acid groups (broad SMARTS) is 1. The first kappa shape index (κ1) is 9.97. The van der Waals surface area contributed by atoms with E-state index in [9.17, 15) is 9.59 Å². The molecule has 0 bridgehead atoms. The van der Waals surface area contributed by atoms with Crippen molar-refractivity contribution in [2.24, 2.45) is 0 Å². The fourth-order valence-corrected chi connectivity index (χ4v) is 1.12. The lowest BCUT2D eigenvalue weighted by Gasteiger charge is -1.99. The third-order valence-corrected chi connectivity index (χ3v) is 1.79. The summed E-state index contributed by atoms with van der Waals surface area (Å²) in [5.41, 5.74) is -0.506. The molecule has 2 aromatic heterocycles. The Morgan fingerprint density at radius 1 is 1.44 bits per heavy atom. The molecule has 2 N–H and O–H groups in total. The van der Waals surface area contributed by atoms with Crippen molar-refractivity contribution in [1.29, 1.82) is 0 Å². The van der Waals surface area contributed by atoms with Crippen LogP contribution < -0.4 is 5.56 Å². The van der Waals surface area contributed by atoms with E-state index in [1.165, 1.54) is 18.6 Å². The van der Waals surface area contributed by atoms with E-state index < -0.39 is 11.5 Å². The zero-order chi connectivity index (χ0) is 11.5. The number of hydrogen-bond donors (Lipinski definition) is 2. The number of aromatic amines is 1. The summed E-state index contributed by atoms with van der Waals surface area (Å²) in [4.78, 5) is 35.6. The Hall–Kier alpha value is -2.57. The fourth-order valence-electron chi connectivity index (χ4n) is 1.12. The normalized spacial score (nSPS) is 10.0. The van der Waals surface area contributed by atoms with Crippen LogP contribution in [0.15, 0.2) is 29.5 Å². The predicted octanol–water partition coefficient (Wildman–Crippen LogP) is -0.0749. The van der Waals surface area contributed by atoms with Gasteiger partial charge >= 0.3 is 5.97 Å². The number of aromatic nitrogens is 4. The van der Waals surface area contributed by atoms with Crippen molar-refractivity contribution in [2.75, 3.05) is 0 Å². The van der Waals surface area contributed by atoms with Crippen LogP contribution in [0.1, 0.15) is 10.5 Å². The first-order valence-electron chi connectivity index (χ1n) is 4.28. The molecule has 2 aromatic rings. The summed E-state index contributed by atoms with van der Waals surface area (Å²) in [5.74, 6) is -1.16. The van der Waals surface area contributed by atoms with Gasteiger partial charge in [0.15, 0.2) is 11.5 Å². The molecule has 0 atom stereocenters. The summed E-state index contributed by atoms with van der Waals surface area (Å²) < 4.78 is 0. The van der Waals surface area contributed by atoms with Crippen molar-refractivity contribution in [3.63, 3.8) is 0 Å². The maximum Gasteiger partial charge on any atom is 0.354 e. The molecule has 0 amide bonds. The van der Waals surface area contributed by atoms with Gasteiger partial charge in [0.2, 0.25) is 0 Å². The Kier molecular flexibility index (Phi) is 2.42. The van der Waals surface area contributed by atoms with Gasteiger partial charge in [0.25, 0.3) is 5.56 Å². The van der Waals surface area contributed by atoms with Crippen molar-refractivity contribution in [1.82, 2.24) is 19.9 Å². The van der Waals surface area contributed by atoms with Crippen molar-refractivity contribution in [3.8, 4) is 11.5 Å².